The van der Waals surface area contributed by atoms with Crippen molar-refractivity contribution < 1.29 is 0 Å². The number of aromatic nitrogens is 2. The highest BCUT2D eigenvalue weighted by molar-refractivity contribution is 5.33. The zero-order valence-corrected chi connectivity index (χ0v) is 12.5. The molecule has 1 aliphatic carbocycles. The second-order valence-corrected chi connectivity index (χ2v) is 6.23. The molecule has 0 radical (unpaired) electrons. The first-order valence-corrected chi connectivity index (χ1v) is 7.95. The highest BCUT2D eigenvalue weighted by atomic mass is 15.0. The molecule has 1 aromatic carbocycles. The predicted octanol–water partition coefficient (Wildman–Crippen LogP) is 2.70. The first-order chi connectivity index (χ1) is 10.3. The Balaban J connectivity index is 1.67. The third kappa shape index (κ3) is 2.36. The summed E-state index contributed by atoms with van der Waals surface area (Å²) in [6.07, 6.45) is 4.47. The van der Waals surface area contributed by atoms with E-state index in [-0.39, 0.29) is 0 Å². The van der Waals surface area contributed by atoms with Crippen molar-refractivity contribution in [3.05, 3.63) is 58.2 Å². The fourth-order valence-electron chi connectivity index (χ4n) is 3.67. The highest BCUT2D eigenvalue weighted by Gasteiger charge is 2.24. The number of nitrogens with one attached hydrogen (secondary N) is 1. The van der Waals surface area contributed by atoms with Gasteiger partial charge in [0.25, 0.3) is 0 Å². The molecule has 0 saturated heterocycles. The maximum Gasteiger partial charge on any atom is 0.132 e. The van der Waals surface area contributed by atoms with Gasteiger partial charge in [0.2, 0.25) is 0 Å². The fourth-order valence-corrected chi connectivity index (χ4v) is 3.67. The van der Waals surface area contributed by atoms with Crippen molar-refractivity contribution in [3.8, 4) is 0 Å². The average Bonchev–Trinajstić information content (AvgIpc) is 2.54. The van der Waals surface area contributed by atoms with Crippen LogP contribution in [0.3, 0.4) is 0 Å². The molecule has 1 aromatic heterocycles. The fraction of sp³-hybridized carbons (Fsp3) is 0.444. The van der Waals surface area contributed by atoms with Crippen molar-refractivity contribution in [2.75, 3.05) is 6.54 Å². The maximum absolute atomic E-state index is 4.90. The Bertz CT molecular complexity index is 678. The molecule has 0 saturated carbocycles. The van der Waals surface area contributed by atoms with E-state index in [0.717, 1.165) is 38.2 Å². The van der Waals surface area contributed by atoms with Crippen LogP contribution in [0.1, 0.15) is 46.2 Å². The van der Waals surface area contributed by atoms with Crippen molar-refractivity contribution in [2.45, 2.75) is 45.1 Å². The van der Waals surface area contributed by atoms with Crippen LogP contribution in [0.2, 0.25) is 0 Å². The third-order valence-electron chi connectivity index (χ3n) is 4.87. The van der Waals surface area contributed by atoms with Gasteiger partial charge in [-0.15, -0.1) is 0 Å². The minimum Gasteiger partial charge on any atom is -0.311 e. The molecule has 21 heavy (non-hydrogen) atoms. The van der Waals surface area contributed by atoms with Crippen molar-refractivity contribution in [3.63, 3.8) is 0 Å². The molecule has 1 unspecified atom stereocenters. The van der Waals surface area contributed by atoms with Gasteiger partial charge in [-0.2, -0.15) is 0 Å². The molecule has 108 valence electrons. The second kappa shape index (κ2) is 5.23. The zero-order valence-electron chi connectivity index (χ0n) is 12.5. The maximum atomic E-state index is 4.90. The van der Waals surface area contributed by atoms with Crippen molar-refractivity contribution >= 4 is 0 Å². The Morgan fingerprint density at radius 3 is 2.86 bits per heavy atom. The topological polar surface area (TPSA) is 37.8 Å². The first kappa shape index (κ1) is 13.0. The number of aryl methyl sites for hydroxylation is 2. The third-order valence-corrected chi connectivity index (χ3v) is 4.87. The monoisotopic (exact) mass is 279 g/mol. The average molecular weight is 279 g/mol. The summed E-state index contributed by atoms with van der Waals surface area (Å²) in [4.78, 5) is 9.74. The zero-order chi connectivity index (χ0) is 14.2. The van der Waals surface area contributed by atoms with E-state index in [9.17, 15) is 0 Å². The van der Waals surface area contributed by atoms with Crippen LogP contribution < -0.4 is 5.32 Å². The van der Waals surface area contributed by atoms with Gasteiger partial charge in [0.05, 0.1) is 5.69 Å². The molecule has 2 aromatic rings. The Labute approximate surface area is 125 Å². The van der Waals surface area contributed by atoms with Crippen LogP contribution in [0.4, 0.5) is 0 Å². The minimum absolute atomic E-state index is 0.478. The van der Waals surface area contributed by atoms with Gasteiger partial charge >= 0.3 is 0 Å². The first-order valence-electron chi connectivity index (χ1n) is 7.95. The summed E-state index contributed by atoms with van der Waals surface area (Å²) in [5, 5.41) is 3.42. The largest absolute Gasteiger partial charge is 0.311 e. The molecule has 2 heterocycles. The molecule has 0 fully saturated rings. The van der Waals surface area contributed by atoms with Crippen LogP contribution in [-0.4, -0.2) is 16.5 Å². The molecular formula is C18H21N3. The van der Waals surface area contributed by atoms with E-state index in [4.69, 9.17) is 9.97 Å². The molecule has 3 nitrogen and oxygen atoms in total. The van der Waals surface area contributed by atoms with Crippen LogP contribution in [0.5, 0.6) is 0 Å². The molecule has 4 rings (SSSR count). The lowest BCUT2D eigenvalue weighted by atomic mass is 9.83. The smallest absolute Gasteiger partial charge is 0.132 e. The summed E-state index contributed by atoms with van der Waals surface area (Å²) in [6, 6.07) is 8.80. The van der Waals surface area contributed by atoms with Gasteiger partial charge in [0.15, 0.2) is 0 Å². The van der Waals surface area contributed by atoms with E-state index in [0.29, 0.717) is 5.92 Å². The van der Waals surface area contributed by atoms with Crippen LogP contribution in [0.25, 0.3) is 0 Å². The lowest BCUT2D eigenvalue weighted by molar-refractivity contribution is 0.537. The summed E-state index contributed by atoms with van der Waals surface area (Å²) in [7, 11) is 0. The Morgan fingerprint density at radius 1 is 1.10 bits per heavy atom. The summed E-state index contributed by atoms with van der Waals surface area (Å²) in [5.74, 6) is 1.54. The lowest BCUT2D eigenvalue weighted by Crippen LogP contribution is -2.27. The summed E-state index contributed by atoms with van der Waals surface area (Å²) in [6.45, 7) is 4.09. The number of fused-ring (bicyclic) bond motifs is 2. The SMILES string of the molecule is Cc1nc(C2CCc3ccccc3C2)nc2c1CCNC2. The van der Waals surface area contributed by atoms with Gasteiger partial charge in [-0.25, -0.2) is 9.97 Å². The second-order valence-electron chi connectivity index (χ2n) is 6.23. The molecular weight excluding hydrogens is 258 g/mol. The summed E-state index contributed by atoms with van der Waals surface area (Å²) >= 11 is 0. The van der Waals surface area contributed by atoms with Gasteiger partial charge in [0.1, 0.15) is 5.82 Å². The standard InChI is InChI=1S/C18H21N3/c1-12-16-8-9-19-11-17(16)21-18(20-12)15-7-6-13-4-2-3-5-14(13)10-15/h2-5,15,19H,6-11H2,1H3. The van der Waals surface area contributed by atoms with Gasteiger partial charge in [-0.1, -0.05) is 24.3 Å². The van der Waals surface area contributed by atoms with E-state index in [2.05, 4.69) is 36.5 Å². The quantitative estimate of drug-likeness (QED) is 0.872. The number of benzene rings is 1. The summed E-state index contributed by atoms with van der Waals surface area (Å²) < 4.78 is 0. The van der Waals surface area contributed by atoms with Crippen molar-refractivity contribution in [1.82, 2.24) is 15.3 Å². The molecule has 1 atom stereocenters. The molecule has 1 aliphatic heterocycles. The van der Waals surface area contributed by atoms with Crippen LogP contribution in [-0.2, 0) is 25.8 Å². The van der Waals surface area contributed by atoms with Gasteiger partial charge in [-0.05, 0) is 55.8 Å². The molecule has 3 heteroatoms. The molecule has 0 amide bonds. The predicted molar refractivity (Wildman–Crippen MR) is 83.4 cm³/mol. The molecule has 1 N–H and O–H groups in total. The van der Waals surface area contributed by atoms with Gasteiger partial charge in [0, 0.05) is 18.2 Å². The van der Waals surface area contributed by atoms with E-state index in [1.807, 2.05) is 0 Å². The van der Waals surface area contributed by atoms with Crippen LogP contribution >= 0.6 is 0 Å². The molecule has 0 spiro atoms. The highest BCUT2D eigenvalue weighted by Crippen LogP contribution is 2.31. The molecule has 2 aliphatic rings. The van der Waals surface area contributed by atoms with E-state index in [1.165, 1.54) is 34.5 Å². The number of rotatable bonds is 1. The summed E-state index contributed by atoms with van der Waals surface area (Å²) in [5.41, 5.74) is 6.77. The van der Waals surface area contributed by atoms with Crippen LogP contribution in [0.15, 0.2) is 24.3 Å². The van der Waals surface area contributed by atoms with E-state index in [1.54, 1.807) is 0 Å². The Hall–Kier alpha value is -1.74. The van der Waals surface area contributed by atoms with E-state index < -0.39 is 0 Å². The number of hydrogen-bond donors (Lipinski definition) is 1. The Morgan fingerprint density at radius 2 is 1.95 bits per heavy atom. The normalized spacial score (nSPS) is 20.7. The van der Waals surface area contributed by atoms with Gasteiger partial charge < -0.3 is 5.32 Å². The molecule has 0 bridgehead atoms. The van der Waals surface area contributed by atoms with Crippen molar-refractivity contribution in [1.29, 1.82) is 0 Å². The number of nitrogens with zero attached hydrogens (tertiary/aromatic N) is 2. The van der Waals surface area contributed by atoms with Crippen LogP contribution in [0, 0.1) is 6.92 Å². The lowest BCUT2D eigenvalue weighted by Gasteiger charge is -2.26. The minimum atomic E-state index is 0.478. The van der Waals surface area contributed by atoms with E-state index >= 15 is 0 Å². The Kier molecular flexibility index (Phi) is 3.23. The van der Waals surface area contributed by atoms with Gasteiger partial charge in [-0.3, -0.25) is 0 Å². The number of hydrogen-bond acceptors (Lipinski definition) is 3. The van der Waals surface area contributed by atoms with Crippen molar-refractivity contribution in [2.24, 2.45) is 0 Å².